The molecule has 1 atom stereocenters. The number of benzene rings is 1. The van der Waals surface area contributed by atoms with Crippen molar-refractivity contribution in [2.75, 3.05) is 33.7 Å². The highest BCUT2D eigenvalue weighted by atomic mass is 19.1. The van der Waals surface area contributed by atoms with E-state index in [0.29, 0.717) is 5.56 Å². The molecule has 22 heavy (non-hydrogen) atoms. The lowest BCUT2D eigenvalue weighted by Gasteiger charge is -2.18. The van der Waals surface area contributed by atoms with Crippen LogP contribution in [-0.4, -0.2) is 44.6 Å². The van der Waals surface area contributed by atoms with Gasteiger partial charge in [-0.2, -0.15) is 0 Å². The minimum atomic E-state index is -0.168. The number of nitrogens with zero attached hydrogens (tertiary/aromatic N) is 2. The number of halogens is 1. The van der Waals surface area contributed by atoms with Gasteiger partial charge in [-0.15, -0.1) is 0 Å². The third kappa shape index (κ3) is 6.43. The minimum absolute atomic E-state index is 0.00162. The van der Waals surface area contributed by atoms with Crippen molar-refractivity contribution < 1.29 is 4.39 Å². The van der Waals surface area contributed by atoms with Crippen LogP contribution in [0.3, 0.4) is 0 Å². The Balaban J connectivity index is 2.64. The summed E-state index contributed by atoms with van der Waals surface area (Å²) < 4.78 is 13.7. The molecule has 0 aliphatic rings. The molecular weight excluding hydrogens is 279 g/mol. The van der Waals surface area contributed by atoms with Crippen molar-refractivity contribution in [1.82, 2.24) is 15.5 Å². The van der Waals surface area contributed by atoms with Gasteiger partial charge >= 0.3 is 0 Å². The molecule has 0 saturated heterocycles. The third-order valence-corrected chi connectivity index (χ3v) is 3.43. The Morgan fingerprint density at radius 2 is 2.09 bits per heavy atom. The van der Waals surface area contributed by atoms with Crippen molar-refractivity contribution in [1.29, 1.82) is 0 Å². The SMILES string of the molecule is CCNC(=NCCCN(C)C)NC(C)c1ccc(C)c(F)c1. The molecule has 1 aromatic rings. The fourth-order valence-corrected chi connectivity index (χ4v) is 2.06. The third-order valence-electron chi connectivity index (χ3n) is 3.43. The molecule has 0 heterocycles. The first kappa shape index (κ1) is 18.4. The van der Waals surface area contributed by atoms with Crippen LogP contribution >= 0.6 is 0 Å². The van der Waals surface area contributed by atoms with E-state index in [2.05, 4.69) is 34.6 Å². The molecule has 0 spiro atoms. The van der Waals surface area contributed by atoms with Crippen molar-refractivity contribution in [3.05, 3.63) is 35.1 Å². The zero-order valence-corrected chi connectivity index (χ0v) is 14.4. The van der Waals surface area contributed by atoms with E-state index in [9.17, 15) is 4.39 Å². The zero-order valence-electron chi connectivity index (χ0n) is 14.4. The van der Waals surface area contributed by atoms with E-state index >= 15 is 0 Å². The molecule has 0 aliphatic carbocycles. The summed E-state index contributed by atoms with van der Waals surface area (Å²) in [5.74, 6) is 0.605. The Hall–Kier alpha value is -1.62. The molecule has 1 unspecified atom stereocenters. The van der Waals surface area contributed by atoms with Gasteiger partial charge in [0.15, 0.2) is 5.96 Å². The first-order valence-corrected chi connectivity index (χ1v) is 7.89. The van der Waals surface area contributed by atoms with E-state index in [-0.39, 0.29) is 11.9 Å². The Morgan fingerprint density at radius 1 is 1.36 bits per heavy atom. The average molecular weight is 308 g/mol. The summed E-state index contributed by atoms with van der Waals surface area (Å²) in [5, 5.41) is 6.56. The molecule has 0 aliphatic heterocycles. The van der Waals surface area contributed by atoms with Gasteiger partial charge in [0, 0.05) is 13.1 Å². The van der Waals surface area contributed by atoms with E-state index < -0.39 is 0 Å². The smallest absolute Gasteiger partial charge is 0.191 e. The maximum Gasteiger partial charge on any atom is 0.191 e. The van der Waals surface area contributed by atoms with E-state index in [1.54, 1.807) is 13.0 Å². The summed E-state index contributed by atoms with van der Waals surface area (Å²) in [4.78, 5) is 6.71. The molecule has 0 aromatic heterocycles. The van der Waals surface area contributed by atoms with E-state index in [1.165, 1.54) is 0 Å². The molecule has 0 saturated carbocycles. The molecule has 0 bridgehead atoms. The topological polar surface area (TPSA) is 39.7 Å². The molecule has 124 valence electrons. The first-order valence-electron chi connectivity index (χ1n) is 7.89. The molecule has 0 radical (unpaired) electrons. The Kier molecular flexibility index (Phi) is 7.88. The van der Waals surface area contributed by atoms with Crippen LogP contribution in [-0.2, 0) is 0 Å². The fraction of sp³-hybridized carbons (Fsp3) is 0.588. The zero-order chi connectivity index (χ0) is 16.5. The number of hydrogen-bond donors (Lipinski definition) is 2. The van der Waals surface area contributed by atoms with Crippen molar-refractivity contribution in [2.24, 2.45) is 4.99 Å². The predicted octanol–water partition coefficient (Wildman–Crippen LogP) is 2.70. The number of guanidine groups is 1. The number of rotatable bonds is 7. The lowest BCUT2D eigenvalue weighted by Crippen LogP contribution is -2.39. The fourth-order valence-electron chi connectivity index (χ4n) is 2.06. The highest BCUT2D eigenvalue weighted by molar-refractivity contribution is 5.80. The van der Waals surface area contributed by atoms with Crippen LogP contribution in [0.15, 0.2) is 23.2 Å². The second kappa shape index (κ2) is 9.41. The molecule has 0 fully saturated rings. The van der Waals surface area contributed by atoms with Crippen molar-refractivity contribution in [3.63, 3.8) is 0 Å². The van der Waals surface area contributed by atoms with Gasteiger partial charge in [0.2, 0.25) is 0 Å². The monoisotopic (exact) mass is 308 g/mol. The molecule has 0 amide bonds. The summed E-state index contributed by atoms with van der Waals surface area (Å²) in [6, 6.07) is 5.35. The summed E-state index contributed by atoms with van der Waals surface area (Å²) in [6.45, 7) is 8.40. The van der Waals surface area contributed by atoms with Crippen molar-refractivity contribution >= 4 is 5.96 Å². The lowest BCUT2D eigenvalue weighted by molar-refractivity contribution is 0.403. The molecule has 1 rings (SSSR count). The average Bonchev–Trinajstić information content (AvgIpc) is 2.46. The number of nitrogens with one attached hydrogen (secondary N) is 2. The molecular formula is C17H29FN4. The number of hydrogen-bond acceptors (Lipinski definition) is 2. The second-order valence-electron chi connectivity index (χ2n) is 5.79. The van der Waals surface area contributed by atoms with Crippen molar-refractivity contribution in [2.45, 2.75) is 33.2 Å². The van der Waals surface area contributed by atoms with Gasteiger partial charge in [0.25, 0.3) is 0 Å². The second-order valence-corrected chi connectivity index (χ2v) is 5.79. The van der Waals surface area contributed by atoms with Crippen LogP contribution in [0.2, 0.25) is 0 Å². The van der Waals surface area contributed by atoms with Gasteiger partial charge < -0.3 is 15.5 Å². The first-order chi connectivity index (χ1) is 10.4. The predicted molar refractivity (Wildman–Crippen MR) is 91.8 cm³/mol. The molecule has 5 heteroatoms. The lowest BCUT2D eigenvalue weighted by atomic mass is 10.1. The summed E-state index contributed by atoms with van der Waals surface area (Å²) >= 11 is 0. The van der Waals surface area contributed by atoms with E-state index in [0.717, 1.165) is 37.6 Å². The van der Waals surface area contributed by atoms with Gasteiger partial charge in [-0.25, -0.2) is 4.39 Å². The molecule has 1 aromatic carbocycles. The number of aliphatic imine (C=N–C) groups is 1. The van der Waals surface area contributed by atoms with E-state index in [4.69, 9.17) is 0 Å². The summed E-state index contributed by atoms with van der Waals surface area (Å²) in [5.41, 5.74) is 1.59. The highest BCUT2D eigenvalue weighted by Gasteiger charge is 2.09. The summed E-state index contributed by atoms with van der Waals surface area (Å²) in [6.07, 6.45) is 1.01. The Labute approximate surface area is 133 Å². The number of aryl methyl sites for hydroxylation is 1. The Morgan fingerprint density at radius 3 is 2.68 bits per heavy atom. The van der Waals surface area contributed by atoms with Crippen LogP contribution < -0.4 is 10.6 Å². The Bertz CT molecular complexity index is 486. The van der Waals surface area contributed by atoms with E-state index in [1.807, 2.05) is 26.0 Å². The summed E-state index contributed by atoms with van der Waals surface area (Å²) in [7, 11) is 4.11. The van der Waals surface area contributed by atoms with Crippen LogP contribution in [0.1, 0.15) is 37.4 Å². The van der Waals surface area contributed by atoms with Gasteiger partial charge in [0.1, 0.15) is 5.82 Å². The van der Waals surface area contributed by atoms with Gasteiger partial charge in [0.05, 0.1) is 6.04 Å². The quantitative estimate of drug-likeness (QED) is 0.462. The maximum absolute atomic E-state index is 13.7. The van der Waals surface area contributed by atoms with Gasteiger partial charge in [-0.05, 0) is 65.0 Å². The van der Waals surface area contributed by atoms with Gasteiger partial charge in [-0.1, -0.05) is 12.1 Å². The van der Waals surface area contributed by atoms with Crippen molar-refractivity contribution in [3.8, 4) is 0 Å². The van der Waals surface area contributed by atoms with Crippen LogP contribution in [0, 0.1) is 12.7 Å². The molecule has 4 nitrogen and oxygen atoms in total. The minimum Gasteiger partial charge on any atom is -0.357 e. The maximum atomic E-state index is 13.7. The standard InChI is InChI=1S/C17H29FN4/c1-6-19-17(20-10-7-11-22(4)5)21-14(3)15-9-8-13(2)16(18)12-15/h8-9,12,14H,6-7,10-11H2,1-5H3,(H2,19,20,21). The normalized spacial score (nSPS) is 13.3. The van der Waals surface area contributed by atoms with Crippen LogP contribution in [0.4, 0.5) is 4.39 Å². The highest BCUT2D eigenvalue weighted by Crippen LogP contribution is 2.16. The van der Waals surface area contributed by atoms with Gasteiger partial charge in [-0.3, -0.25) is 4.99 Å². The van der Waals surface area contributed by atoms with Crippen LogP contribution in [0.5, 0.6) is 0 Å². The van der Waals surface area contributed by atoms with Crippen LogP contribution in [0.25, 0.3) is 0 Å². The molecule has 2 N–H and O–H groups in total. The largest absolute Gasteiger partial charge is 0.357 e.